The number of Topliss-reactive ketones (excluding diaryl/α,β-unsaturated/α-hetero) is 2. The van der Waals surface area contributed by atoms with Crippen molar-refractivity contribution in [3.05, 3.63) is 93.6 Å². The summed E-state index contributed by atoms with van der Waals surface area (Å²) in [6.45, 7) is 7.62. The van der Waals surface area contributed by atoms with Crippen molar-refractivity contribution in [3.8, 4) is 51.9 Å². The Labute approximate surface area is 350 Å². The minimum Gasteiger partial charge on any atom is -0.507 e. The fourth-order valence-electron chi connectivity index (χ4n) is 6.24. The number of ketones is 2. The third-order valence-electron chi connectivity index (χ3n) is 9.19. The van der Waals surface area contributed by atoms with E-state index in [0.29, 0.717) is 92.9 Å². The van der Waals surface area contributed by atoms with Crippen molar-refractivity contribution < 1.29 is 74.8 Å². The van der Waals surface area contributed by atoms with Gasteiger partial charge in [-0.15, -0.1) is 0 Å². The van der Waals surface area contributed by atoms with Gasteiger partial charge < -0.3 is 53.4 Å². The smallest absolute Gasteiger partial charge is 0.507 e. The number of ether oxygens (including phenoxy) is 2. The average molecular weight is 886 g/mol. The molecule has 3 heterocycles. The predicted molar refractivity (Wildman–Crippen MR) is 216 cm³/mol. The van der Waals surface area contributed by atoms with Gasteiger partial charge in [0.15, 0.2) is 17.0 Å². The van der Waals surface area contributed by atoms with Crippen molar-refractivity contribution in [2.45, 2.75) is 19.4 Å². The highest BCUT2D eigenvalue weighted by Gasteiger charge is 2.48. The third-order valence-corrected chi connectivity index (χ3v) is 10.2. The van der Waals surface area contributed by atoms with Crippen LogP contribution in [0.4, 0.5) is 24.5 Å². The number of benzene rings is 4. The maximum atomic E-state index is 12.5. The van der Waals surface area contributed by atoms with Gasteiger partial charge in [0, 0.05) is 85.6 Å². The summed E-state index contributed by atoms with van der Waals surface area (Å²) in [5, 5.41) is 57.5. The second-order valence-electron chi connectivity index (χ2n) is 13.5. The number of rotatable bonds is 7. The molecule has 0 unspecified atom stereocenters. The van der Waals surface area contributed by atoms with Gasteiger partial charge in [0.25, 0.3) is 0 Å². The van der Waals surface area contributed by atoms with Gasteiger partial charge in [-0.05, 0) is 38.1 Å². The molecular weight excluding hydrogens is 848 g/mol. The minimum atomic E-state index is -5.92. The highest BCUT2D eigenvalue weighted by molar-refractivity contribution is 7.88. The summed E-state index contributed by atoms with van der Waals surface area (Å²) in [6, 6.07) is 17.5. The summed E-state index contributed by atoms with van der Waals surface area (Å²) < 4.78 is 77.6. The first-order chi connectivity index (χ1) is 29.2. The van der Waals surface area contributed by atoms with E-state index in [1.165, 1.54) is 25.1 Å². The first-order valence-electron chi connectivity index (χ1n) is 18.3. The number of morpholine rings is 2. The second kappa shape index (κ2) is 19.1. The number of halogens is 3. The van der Waals surface area contributed by atoms with Crippen LogP contribution in [-0.2, 0) is 19.6 Å². The Balaban J connectivity index is 0.000000181. The summed E-state index contributed by atoms with van der Waals surface area (Å²) in [5.74, 6) is -3.96. The second-order valence-corrected chi connectivity index (χ2v) is 15.0. The fourth-order valence-corrected chi connectivity index (χ4v) is 6.69. The Hall–Kier alpha value is -7.02. The first kappa shape index (κ1) is 46.1. The van der Waals surface area contributed by atoms with Crippen molar-refractivity contribution in [1.82, 2.24) is 0 Å². The van der Waals surface area contributed by atoms with Gasteiger partial charge in [0.2, 0.25) is 0 Å². The van der Waals surface area contributed by atoms with Crippen molar-refractivity contribution in [1.29, 1.82) is 5.26 Å². The van der Waals surface area contributed by atoms with E-state index in [-0.39, 0.29) is 39.4 Å². The maximum Gasteiger partial charge on any atom is 0.534 e. The van der Waals surface area contributed by atoms with E-state index in [0.717, 1.165) is 12.6 Å². The van der Waals surface area contributed by atoms with Gasteiger partial charge in [-0.25, -0.2) is 0 Å². The number of hydrogen-bond acceptors (Lipinski definition) is 17. The lowest BCUT2D eigenvalue weighted by Crippen LogP contribution is -2.36. The number of carbonyl (C=O) groups is 2. The molecule has 0 amide bonds. The van der Waals surface area contributed by atoms with Crippen molar-refractivity contribution in [3.63, 3.8) is 0 Å². The largest absolute Gasteiger partial charge is 0.534 e. The molecule has 2 aliphatic rings. The van der Waals surface area contributed by atoms with E-state index >= 15 is 0 Å². The van der Waals surface area contributed by atoms with Crippen LogP contribution in [0.3, 0.4) is 0 Å². The van der Waals surface area contributed by atoms with Crippen molar-refractivity contribution in [2.75, 3.05) is 62.4 Å². The van der Waals surface area contributed by atoms with Gasteiger partial charge in [-0.2, -0.15) is 26.9 Å². The van der Waals surface area contributed by atoms with Gasteiger partial charge in [0.05, 0.1) is 38.1 Å². The lowest BCUT2D eigenvalue weighted by atomic mass is 10.1. The standard InChI is InChI=1S/C20H16N2O4.C12H15NO4.C9H7F3O6S/c21-12-13-1-3-14(4-2-13)18-11-17(24)20-16(23)9-15(10-19(20)26-18)22-5-7-25-8-6-22;1-8(14)12-10(15)6-9(7-11(12)16)13-2-4-17-5-3-13;1-4(13)8-6(14)2-5(3-7(8)15)18-19(16,17)9(10,11)12/h1-4,9-11,23H,5-8H2;6-7,15-16H,2-5H2,1H3;2-3,14-15H,1H3. The summed E-state index contributed by atoms with van der Waals surface area (Å²) in [4.78, 5) is 38.8. The highest BCUT2D eigenvalue weighted by atomic mass is 32.2. The molecule has 0 aliphatic carbocycles. The Morgan fingerprint density at radius 2 is 1.15 bits per heavy atom. The van der Waals surface area contributed by atoms with E-state index in [4.69, 9.17) is 19.2 Å². The molecule has 5 aromatic rings. The Morgan fingerprint density at radius 3 is 1.58 bits per heavy atom. The van der Waals surface area contributed by atoms with E-state index in [1.54, 1.807) is 36.4 Å². The van der Waals surface area contributed by atoms with E-state index in [9.17, 15) is 61.5 Å². The van der Waals surface area contributed by atoms with Gasteiger partial charge in [0.1, 0.15) is 62.4 Å². The molecular formula is C41H38F3N3O14S. The predicted octanol–water partition coefficient (Wildman–Crippen LogP) is 5.54. The number of nitriles is 1. The van der Waals surface area contributed by atoms with Gasteiger partial charge >= 0.3 is 15.6 Å². The Bertz CT molecular complexity index is 2640. The number of anilines is 2. The number of alkyl halides is 3. The molecule has 7 rings (SSSR count). The third kappa shape index (κ3) is 10.8. The molecule has 5 N–H and O–H groups in total. The van der Waals surface area contributed by atoms with E-state index in [1.807, 2.05) is 4.90 Å². The molecule has 17 nitrogen and oxygen atoms in total. The topological polar surface area (TPSA) is 258 Å². The molecule has 328 valence electrons. The summed E-state index contributed by atoms with van der Waals surface area (Å²) >= 11 is 0. The molecule has 0 bridgehead atoms. The molecule has 62 heavy (non-hydrogen) atoms. The minimum absolute atomic E-state index is 0.0259. The Morgan fingerprint density at radius 1 is 0.710 bits per heavy atom. The molecule has 0 saturated carbocycles. The molecule has 4 aromatic carbocycles. The number of phenolic OH excluding ortho intramolecular Hbond substituents is 5. The van der Waals surface area contributed by atoms with Crippen molar-refractivity contribution in [2.24, 2.45) is 0 Å². The molecule has 2 aliphatic heterocycles. The van der Waals surface area contributed by atoms with Gasteiger partial charge in [-0.3, -0.25) is 14.4 Å². The number of fused-ring (bicyclic) bond motifs is 1. The van der Waals surface area contributed by atoms with E-state index < -0.39 is 44.2 Å². The summed E-state index contributed by atoms with van der Waals surface area (Å²) in [6.07, 6.45) is 0. The molecule has 2 saturated heterocycles. The van der Waals surface area contributed by atoms with Crippen LogP contribution in [0, 0.1) is 11.3 Å². The lowest BCUT2D eigenvalue weighted by Gasteiger charge is -2.29. The zero-order valence-electron chi connectivity index (χ0n) is 32.8. The molecule has 0 radical (unpaired) electrons. The zero-order valence-corrected chi connectivity index (χ0v) is 33.6. The van der Waals surface area contributed by atoms with Crippen LogP contribution in [0.1, 0.15) is 40.1 Å². The normalized spacial score (nSPS) is 14.1. The number of aromatic hydroxyl groups is 5. The SMILES string of the molecule is CC(=O)c1c(O)cc(N2CCOCC2)cc1O.CC(=O)c1c(O)cc(OS(=O)(=O)C(F)(F)F)cc1O.N#Cc1ccc(-c2cc(=O)c3c(O)cc(N4CCOCC4)cc3o2)cc1. The highest BCUT2D eigenvalue weighted by Crippen LogP contribution is 2.37. The van der Waals surface area contributed by atoms with Crippen molar-refractivity contribution >= 4 is 44.0 Å². The number of carbonyl (C=O) groups excluding carboxylic acids is 2. The molecule has 0 spiro atoms. The first-order valence-corrected chi connectivity index (χ1v) is 19.7. The van der Waals surface area contributed by atoms with Crippen LogP contribution in [0.15, 0.2) is 75.9 Å². The van der Waals surface area contributed by atoms with Crippen LogP contribution in [0.25, 0.3) is 22.3 Å². The molecule has 0 atom stereocenters. The van der Waals surface area contributed by atoms with E-state index in [2.05, 4.69) is 15.2 Å². The number of phenols is 5. The van der Waals surface area contributed by atoms with Crippen LogP contribution in [0.2, 0.25) is 0 Å². The fraction of sp³-hybridized carbons (Fsp3) is 0.268. The summed E-state index contributed by atoms with van der Waals surface area (Å²) in [5.41, 5.74) is -3.50. The Kier molecular flexibility index (Phi) is 14.2. The lowest BCUT2D eigenvalue weighted by molar-refractivity contribution is -0.0500. The van der Waals surface area contributed by atoms with Crippen LogP contribution >= 0.6 is 0 Å². The molecule has 1 aromatic heterocycles. The molecule has 21 heteroatoms. The number of nitrogens with zero attached hydrogens (tertiary/aromatic N) is 3. The van der Waals surface area contributed by atoms with Gasteiger partial charge in [-0.1, -0.05) is 0 Å². The van der Waals surface area contributed by atoms with Crippen LogP contribution in [0.5, 0.6) is 34.5 Å². The average Bonchev–Trinajstić information content (AvgIpc) is 3.20. The quantitative estimate of drug-likeness (QED) is 0.0764. The number of hydrogen-bond donors (Lipinski definition) is 5. The summed E-state index contributed by atoms with van der Waals surface area (Å²) in [7, 11) is -5.92. The van der Waals surface area contributed by atoms with Crippen LogP contribution in [-0.4, -0.2) is 104 Å². The maximum absolute atomic E-state index is 12.5. The zero-order chi connectivity index (χ0) is 45.5. The monoisotopic (exact) mass is 885 g/mol. The van der Waals surface area contributed by atoms with Crippen LogP contribution < -0.4 is 19.4 Å². The molecule has 2 fully saturated rings.